The molecule has 0 spiro atoms. The molecule has 13 heavy (non-hydrogen) atoms. The second kappa shape index (κ2) is 4.01. The number of hydrogen-bond acceptors (Lipinski definition) is 4. The highest BCUT2D eigenvalue weighted by atomic mass is 16.3. The fraction of sp³-hybridized carbons (Fsp3) is 0.429. The van der Waals surface area contributed by atoms with Gasteiger partial charge < -0.3 is 15.9 Å². The zero-order valence-corrected chi connectivity index (χ0v) is 6.92. The molecular weight excluding hydrogens is 174 g/mol. The van der Waals surface area contributed by atoms with E-state index >= 15 is 0 Å². The number of rotatable bonds is 4. The molecule has 1 aromatic heterocycles. The molecule has 0 aliphatic carbocycles. The first-order chi connectivity index (χ1) is 6.13. The summed E-state index contributed by atoms with van der Waals surface area (Å²) in [5.41, 5.74) is 5.11. The molecule has 0 aromatic carbocycles. The van der Waals surface area contributed by atoms with E-state index in [2.05, 4.69) is 5.10 Å². The van der Waals surface area contributed by atoms with Gasteiger partial charge in [0.1, 0.15) is 5.69 Å². The second-order valence-corrected chi connectivity index (χ2v) is 2.62. The van der Waals surface area contributed by atoms with Gasteiger partial charge in [-0.15, -0.1) is 0 Å². The van der Waals surface area contributed by atoms with Gasteiger partial charge in [0.15, 0.2) is 0 Å². The summed E-state index contributed by atoms with van der Waals surface area (Å²) in [6.45, 7) is -0.199. The minimum Gasteiger partial charge on any atom is -0.394 e. The van der Waals surface area contributed by atoms with Crippen molar-refractivity contribution in [1.29, 1.82) is 0 Å². The van der Waals surface area contributed by atoms with Crippen LogP contribution in [0.1, 0.15) is 10.5 Å². The van der Waals surface area contributed by atoms with Crippen molar-refractivity contribution in [3.8, 4) is 0 Å². The molecule has 0 saturated heterocycles. The van der Waals surface area contributed by atoms with Crippen LogP contribution in [0.15, 0.2) is 12.3 Å². The van der Waals surface area contributed by atoms with Crippen LogP contribution in [0, 0.1) is 0 Å². The second-order valence-electron chi connectivity index (χ2n) is 2.62. The minimum absolute atomic E-state index is 0.143. The van der Waals surface area contributed by atoms with Crippen LogP contribution >= 0.6 is 0 Å². The van der Waals surface area contributed by atoms with Crippen molar-refractivity contribution in [2.45, 2.75) is 12.6 Å². The molecule has 0 saturated carbocycles. The van der Waals surface area contributed by atoms with Gasteiger partial charge in [0.05, 0.1) is 19.3 Å². The number of nitrogens with two attached hydrogens (primary N) is 1. The lowest BCUT2D eigenvalue weighted by atomic mass is 10.4. The first-order valence-electron chi connectivity index (χ1n) is 3.75. The van der Waals surface area contributed by atoms with Crippen molar-refractivity contribution in [1.82, 2.24) is 9.78 Å². The Labute approximate surface area is 74.6 Å². The Hall–Kier alpha value is -1.40. The summed E-state index contributed by atoms with van der Waals surface area (Å²) in [6.07, 6.45) is 0.638. The maximum Gasteiger partial charge on any atom is 0.269 e. The van der Waals surface area contributed by atoms with Crippen molar-refractivity contribution >= 4 is 5.91 Å². The normalized spacial score (nSPS) is 12.8. The number of carbonyl (C=O) groups is 1. The molecule has 0 unspecified atom stereocenters. The Bertz CT molecular complexity index is 297. The third-order valence-corrected chi connectivity index (χ3v) is 1.50. The molecule has 6 nitrogen and oxygen atoms in total. The van der Waals surface area contributed by atoms with Crippen LogP contribution in [0.2, 0.25) is 0 Å². The van der Waals surface area contributed by atoms with Crippen LogP contribution in [0.3, 0.4) is 0 Å². The maximum atomic E-state index is 10.6. The highest BCUT2D eigenvalue weighted by Crippen LogP contribution is 1.95. The Morgan fingerprint density at radius 3 is 2.92 bits per heavy atom. The molecule has 1 rings (SSSR count). The van der Waals surface area contributed by atoms with E-state index in [4.69, 9.17) is 15.9 Å². The van der Waals surface area contributed by atoms with E-state index in [0.29, 0.717) is 0 Å². The van der Waals surface area contributed by atoms with Crippen LogP contribution in [0.25, 0.3) is 0 Å². The molecule has 0 fully saturated rings. The van der Waals surface area contributed by atoms with E-state index in [1.807, 2.05) is 0 Å². The largest absolute Gasteiger partial charge is 0.394 e. The van der Waals surface area contributed by atoms with E-state index < -0.39 is 12.0 Å². The molecule has 1 heterocycles. The lowest BCUT2D eigenvalue weighted by molar-refractivity contribution is 0.0779. The van der Waals surface area contributed by atoms with Crippen molar-refractivity contribution in [3.63, 3.8) is 0 Å². The summed E-state index contributed by atoms with van der Waals surface area (Å²) in [5.74, 6) is -0.614. The molecule has 1 aromatic rings. The van der Waals surface area contributed by atoms with E-state index in [-0.39, 0.29) is 18.8 Å². The average Bonchev–Trinajstić information content (AvgIpc) is 2.52. The number of primary amides is 1. The lowest BCUT2D eigenvalue weighted by Crippen LogP contribution is -2.21. The average molecular weight is 185 g/mol. The summed E-state index contributed by atoms with van der Waals surface area (Å²) < 4.78 is 1.35. The van der Waals surface area contributed by atoms with Crippen LogP contribution in [-0.2, 0) is 6.54 Å². The maximum absolute atomic E-state index is 10.6. The van der Waals surface area contributed by atoms with Crippen molar-refractivity contribution in [2.75, 3.05) is 6.61 Å². The number of amides is 1. The molecule has 1 atom stereocenters. The zero-order chi connectivity index (χ0) is 9.84. The summed E-state index contributed by atoms with van der Waals surface area (Å²) in [4.78, 5) is 10.6. The summed E-state index contributed by atoms with van der Waals surface area (Å²) >= 11 is 0. The predicted molar refractivity (Wildman–Crippen MR) is 43.8 cm³/mol. The number of aliphatic hydroxyl groups is 2. The van der Waals surface area contributed by atoms with Gasteiger partial charge in [0.25, 0.3) is 5.91 Å². The van der Waals surface area contributed by atoms with Gasteiger partial charge in [-0.05, 0) is 6.07 Å². The first kappa shape index (κ1) is 9.69. The quantitative estimate of drug-likeness (QED) is 0.522. The number of hydrogen-bond donors (Lipinski definition) is 3. The number of aliphatic hydroxyl groups excluding tert-OH is 2. The molecule has 4 N–H and O–H groups in total. The number of nitrogens with zero attached hydrogens (tertiary/aromatic N) is 2. The fourth-order valence-electron chi connectivity index (χ4n) is 0.868. The summed E-state index contributed by atoms with van der Waals surface area (Å²) in [7, 11) is 0. The Morgan fingerprint density at radius 2 is 2.46 bits per heavy atom. The van der Waals surface area contributed by atoms with Gasteiger partial charge in [-0.2, -0.15) is 5.10 Å². The first-order valence-corrected chi connectivity index (χ1v) is 3.75. The van der Waals surface area contributed by atoms with E-state index in [1.165, 1.54) is 16.9 Å². The van der Waals surface area contributed by atoms with Gasteiger partial charge in [0, 0.05) is 6.20 Å². The van der Waals surface area contributed by atoms with Crippen LogP contribution in [0.4, 0.5) is 0 Å². The van der Waals surface area contributed by atoms with E-state index in [0.717, 1.165) is 0 Å². The molecular formula is C7H11N3O3. The standard InChI is InChI=1S/C7H11N3O3/c8-7(13)6-1-2-10(9-6)3-5(12)4-11/h1-2,5,11-12H,3-4H2,(H2,8,13)/t5-/m1/s1. The number of carbonyl (C=O) groups excluding carboxylic acids is 1. The minimum atomic E-state index is -0.874. The topological polar surface area (TPSA) is 101 Å². The highest BCUT2D eigenvalue weighted by Gasteiger charge is 2.07. The van der Waals surface area contributed by atoms with Crippen LogP contribution < -0.4 is 5.73 Å². The third-order valence-electron chi connectivity index (χ3n) is 1.50. The summed E-state index contributed by atoms with van der Waals surface area (Å²) in [5, 5.41) is 21.3. The Morgan fingerprint density at radius 1 is 1.77 bits per heavy atom. The zero-order valence-electron chi connectivity index (χ0n) is 6.92. The summed E-state index contributed by atoms with van der Waals surface area (Å²) in [6, 6.07) is 1.45. The monoisotopic (exact) mass is 185 g/mol. The van der Waals surface area contributed by atoms with Crippen molar-refractivity contribution in [3.05, 3.63) is 18.0 Å². The van der Waals surface area contributed by atoms with Crippen molar-refractivity contribution < 1.29 is 15.0 Å². The molecule has 0 aliphatic rings. The van der Waals surface area contributed by atoms with Crippen LogP contribution in [-0.4, -0.2) is 38.6 Å². The molecule has 72 valence electrons. The molecule has 6 heteroatoms. The Kier molecular flexibility index (Phi) is 2.99. The molecule has 0 aliphatic heterocycles. The van der Waals surface area contributed by atoms with E-state index in [9.17, 15) is 4.79 Å². The van der Waals surface area contributed by atoms with Gasteiger partial charge in [-0.3, -0.25) is 9.48 Å². The smallest absolute Gasteiger partial charge is 0.269 e. The molecule has 0 radical (unpaired) electrons. The number of aromatic nitrogens is 2. The van der Waals surface area contributed by atoms with Gasteiger partial charge in [-0.25, -0.2) is 0 Å². The highest BCUT2D eigenvalue weighted by molar-refractivity contribution is 5.90. The van der Waals surface area contributed by atoms with Gasteiger partial charge in [0.2, 0.25) is 0 Å². The van der Waals surface area contributed by atoms with Gasteiger partial charge in [-0.1, -0.05) is 0 Å². The van der Waals surface area contributed by atoms with Crippen LogP contribution in [0.5, 0.6) is 0 Å². The third kappa shape index (κ3) is 2.53. The fourth-order valence-corrected chi connectivity index (χ4v) is 0.868. The molecule has 0 bridgehead atoms. The van der Waals surface area contributed by atoms with Crippen molar-refractivity contribution in [2.24, 2.45) is 5.73 Å². The van der Waals surface area contributed by atoms with E-state index in [1.54, 1.807) is 0 Å². The van der Waals surface area contributed by atoms with Gasteiger partial charge >= 0.3 is 0 Å². The molecule has 1 amide bonds. The lowest BCUT2D eigenvalue weighted by Gasteiger charge is -2.05. The Balaban J connectivity index is 2.64. The SMILES string of the molecule is NC(=O)c1ccn(C[C@@H](O)CO)n1. The predicted octanol–water partition coefficient (Wildman–Crippen LogP) is -1.66.